The van der Waals surface area contributed by atoms with Gasteiger partial charge in [0.2, 0.25) is 0 Å². The number of anilines is 3. The van der Waals surface area contributed by atoms with Gasteiger partial charge in [-0.25, -0.2) is 0 Å². The van der Waals surface area contributed by atoms with Crippen LogP contribution in [0.3, 0.4) is 0 Å². The van der Waals surface area contributed by atoms with Crippen molar-refractivity contribution in [1.29, 1.82) is 0 Å². The molecule has 0 unspecified atom stereocenters. The number of benzene rings is 9. The lowest BCUT2D eigenvalue weighted by Gasteiger charge is -2.26. The van der Waals surface area contributed by atoms with Crippen molar-refractivity contribution < 1.29 is 8.83 Å². The molecule has 2 aromatic heterocycles. The quantitative estimate of drug-likeness (QED) is 0.173. The molecular weight excluding hydrogens is 671 g/mol. The Morgan fingerprint density at radius 2 is 0.818 bits per heavy atom. The molecule has 11 rings (SSSR count). The van der Waals surface area contributed by atoms with E-state index in [9.17, 15) is 0 Å². The molecule has 0 saturated heterocycles. The van der Waals surface area contributed by atoms with Gasteiger partial charge in [0.1, 0.15) is 16.7 Å². The summed E-state index contributed by atoms with van der Waals surface area (Å²) >= 11 is 0. The third kappa shape index (κ3) is 5.13. The Labute approximate surface area is 317 Å². The third-order valence-corrected chi connectivity index (χ3v) is 10.9. The number of rotatable bonds is 6. The second-order valence-electron chi connectivity index (χ2n) is 14.0. The average Bonchev–Trinajstić information content (AvgIpc) is 3.83. The summed E-state index contributed by atoms with van der Waals surface area (Å²) in [6, 6.07) is 70.8. The van der Waals surface area contributed by atoms with Crippen LogP contribution in [0.15, 0.2) is 209 Å². The number of hydrogen-bond acceptors (Lipinski definition) is 3. The number of nitrogens with zero attached hydrogens (tertiary/aromatic N) is 1. The fourth-order valence-corrected chi connectivity index (χ4v) is 8.32. The molecule has 0 spiro atoms. The summed E-state index contributed by atoms with van der Waals surface area (Å²) < 4.78 is 13.4. The lowest BCUT2D eigenvalue weighted by atomic mass is 9.92. The van der Waals surface area contributed by atoms with Crippen molar-refractivity contribution >= 4 is 71.7 Å². The SMILES string of the molecule is c1ccc(-c2ccc(-c3ccc(N(c4ccc5c(c4)oc4ccccc45)c4cccc5c4oc4c(-c6ccccc6)cccc45)cc3)c3ccccc23)cc1. The Morgan fingerprint density at radius 1 is 0.291 bits per heavy atom. The van der Waals surface area contributed by atoms with E-state index >= 15 is 0 Å². The number of para-hydroxylation sites is 3. The molecule has 0 radical (unpaired) electrons. The molecule has 258 valence electrons. The highest BCUT2D eigenvalue weighted by Crippen LogP contribution is 2.46. The van der Waals surface area contributed by atoms with Crippen LogP contribution in [0.25, 0.3) is 88.0 Å². The molecule has 55 heavy (non-hydrogen) atoms. The first-order valence-corrected chi connectivity index (χ1v) is 18.7. The summed E-state index contributed by atoms with van der Waals surface area (Å²) in [5.74, 6) is 0. The summed E-state index contributed by atoms with van der Waals surface area (Å²) in [6.07, 6.45) is 0. The van der Waals surface area contributed by atoms with Crippen LogP contribution in [0.1, 0.15) is 0 Å². The monoisotopic (exact) mass is 703 g/mol. The van der Waals surface area contributed by atoms with Crippen molar-refractivity contribution in [3.63, 3.8) is 0 Å². The van der Waals surface area contributed by atoms with E-state index in [2.05, 4.69) is 187 Å². The maximum atomic E-state index is 6.95. The van der Waals surface area contributed by atoms with Crippen molar-refractivity contribution in [2.75, 3.05) is 4.90 Å². The standard InChI is InChI=1S/C52H33NO2/c1-3-13-34(14-4-1)39-31-32-40(43-18-8-7-17-42(39)43)36-25-27-37(28-26-36)53(38-29-30-45-44-19-9-10-24-49(44)54-50(45)33-38)48-23-12-22-47-46-21-11-20-41(51(46)55-52(47)48)35-15-5-2-6-16-35/h1-33H. The lowest BCUT2D eigenvalue weighted by Crippen LogP contribution is -2.10. The maximum absolute atomic E-state index is 6.95. The molecule has 2 heterocycles. The van der Waals surface area contributed by atoms with Crippen LogP contribution in [-0.2, 0) is 0 Å². The minimum Gasteiger partial charge on any atom is -0.456 e. The second kappa shape index (κ2) is 12.6. The fourth-order valence-electron chi connectivity index (χ4n) is 8.32. The Morgan fingerprint density at radius 3 is 1.53 bits per heavy atom. The Bertz CT molecular complexity index is 3190. The minimum absolute atomic E-state index is 0.831. The van der Waals surface area contributed by atoms with E-state index in [1.807, 2.05) is 18.2 Å². The van der Waals surface area contributed by atoms with Crippen molar-refractivity contribution in [3.05, 3.63) is 200 Å². The summed E-state index contributed by atoms with van der Waals surface area (Å²) in [7, 11) is 0. The van der Waals surface area contributed by atoms with Gasteiger partial charge in [-0.2, -0.15) is 0 Å². The largest absolute Gasteiger partial charge is 0.456 e. The first-order valence-electron chi connectivity index (χ1n) is 18.7. The van der Waals surface area contributed by atoms with Crippen LogP contribution in [-0.4, -0.2) is 0 Å². The van der Waals surface area contributed by atoms with Gasteiger partial charge < -0.3 is 13.7 Å². The molecule has 0 fully saturated rings. The molecule has 0 aliphatic rings. The molecule has 0 saturated carbocycles. The molecule has 11 aromatic rings. The summed E-state index contributed by atoms with van der Waals surface area (Å²) in [5, 5.41) is 6.83. The van der Waals surface area contributed by atoms with E-state index in [0.29, 0.717) is 0 Å². The zero-order valence-electron chi connectivity index (χ0n) is 29.8. The predicted octanol–water partition coefficient (Wildman–Crippen LogP) is 15.1. The highest BCUT2D eigenvalue weighted by molar-refractivity contribution is 6.14. The predicted molar refractivity (Wildman–Crippen MR) is 229 cm³/mol. The molecule has 0 bridgehead atoms. The van der Waals surface area contributed by atoms with Gasteiger partial charge in [-0.05, 0) is 75.0 Å². The molecule has 0 amide bonds. The van der Waals surface area contributed by atoms with E-state index in [1.165, 1.54) is 27.5 Å². The van der Waals surface area contributed by atoms with Gasteiger partial charge in [-0.15, -0.1) is 0 Å². The van der Waals surface area contributed by atoms with E-state index in [-0.39, 0.29) is 0 Å². The molecule has 9 aromatic carbocycles. The summed E-state index contributed by atoms with van der Waals surface area (Å²) in [6.45, 7) is 0. The number of fused-ring (bicyclic) bond motifs is 7. The molecule has 0 N–H and O–H groups in total. The first kappa shape index (κ1) is 31.2. The van der Waals surface area contributed by atoms with E-state index < -0.39 is 0 Å². The maximum Gasteiger partial charge on any atom is 0.159 e. The van der Waals surface area contributed by atoms with Gasteiger partial charge in [0, 0.05) is 38.9 Å². The zero-order chi connectivity index (χ0) is 36.3. The average molecular weight is 704 g/mol. The van der Waals surface area contributed by atoms with Crippen molar-refractivity contribution in [3.8, 4) is 33.4 Å². The molecule has 3 nitrogen and oxygen atoms in total. The first-order chi connectivity index (χ1) is 27.3. The van der Waals surface area contributed by atoms with Gasteiger partial charge >= 0.3 is 0 Å². The lowest BCUT2D eigenvalue weighted by molar-refractivity contribution is 0.668. The molecular formula is C52H33NO2. The van der Waals surface area contributed by atoms with Crippen LogP contribution in [0.2, 0.25) is 0 Å². The Balaban J connectivity index is 1.09. The van der Waals surface area contributed by atoms with Crippen molar-refractivity contribution in [2.24, 2.45) is 0 Å². The van der Waals surface area contributed by atoms with E-state index in [4.69, 9.17) is 8.83 Å². The number of hydrogen-bond donors (Lipinski definition) is 0. The molecule has 3 heteroatoms. The van der Waals surface area contributed by atoms with Gasteiger partial charge in [0.15, 0.2) is 5.58 Å². The zero-order valence-corrected chi connectivity index (χ0v) is 29.8. The topological polar surface area (TPSA) is 29.5 Å². The Kier molecular flexibility index (Phi) is 7.17. The van der Waals surface area contributed by atoms with E-state index in [0.717, 1.165) is 77.6 Å². The minimum atomic E-state index is 0.831. The summed E-state index contributed by atoms with van der Waals surface area (Å²) in [5.41, 5.74) is 13.4. The Hall–Kier alpha value is -7.36. The highest BCUT2D eigenvalue weighted by Gasteiger charge is 2.22. The van der Waals surface area contributed by atoms with Gasteiger partial charge in [0.05, 0.1) is 11.4 Å². The van der Waals surface area contributed by atoms with Gasteiger partial charge in [-0.1, -0.05) is 158 Å². The molecule has 0 aliphatic carbocycles. The van der Waals surface area contributed by atoms with Crippen LogP contribution in [0, 0.1) is 0 Å². The van der Waals surface area contributed by atoms with Crippen LogP contribution >= 0.6 is 0 Å². The van der Waals surface area contributed by atoms with Gasteiger partial charge in [-0.3, -0.25) is 0 Å². The van der Waals surface area contributed by atoms with Crippen molar-refractivity contribution in [1.82, 2.24) is 0 Å². The van der Waals surface area contributed by atoms with Crippen LogP contribution in [0.4, 0.5) is 17.1 Å². The smallest absolute Gasteiger partial charge is 0.159 e. The molecule has 0 aliphatic heterocycles. The number of furan rings is 2. The normalized spacial score (nSPS) is 11.6. The molecule has 0 atom stereocenters. The van der Waals surface area contributed by atoms with Crippen molar-refractivity contribution in [2.45, 2.75) is 0 Å². The summed E-state index contributed by atoms with van der Waals surface area (Å²) in [4.78, 5) is 2.29. The van der Waals surface area contributed by atoms with Crippen LogP contribution in [0.5, 0.6) is 0 Å². The third-order valence-electron chi connectivity index (χ3n) is 10.9. The highest BCUT2D eigenvalue weighted by atomic mass is 16.3. The fraction of sp³-hybridized carbons (Fsp3) is 0. The van der Waals surface area contributed by atoms with E-state index in [1.54, 1.807) is 0 Å². The van der Waals surface area contributed by atoms with Crippen LogP contribution < -0.4 is 4.90 Å². The second-order valence-corrected chi connectivity index (χ2v) is 14.0. The van der Waals surface area contributed by atoms with Gasteiger partial charge in [0.25, 0.3) is 0 Å².